The summed E-state index contributed by atoms with van der Waals surface area (Å²) < 4.78 is 4.97. The Labute approximate surface area is 88.0 Å². The smallest absolute Gasteiger partial charge is 0.341 e. The Hall–Kier alpha value is -1.67. The summed E-state index contributed by atoms with van der Waals surface area (Å²) in [6.07, 6.45) is 0. The van der Waals surface area contributed by atoms with Crippen molar-refractivity contribution in [2.75, 3.05) is 6.61 Å². The second-order valence-corrected chi connectivity index (χ2v) is 3.88. The van der Waals surface area contributed by atoms with E-state index in [1.54, 1.807) is 6.92 Å². The van der Waals surface area contributed by atoms with E-state index in [1.165, 1.54) is 0 Å². The van der Waals surface area contributed by atoms with E-state index in [0.717, 1.165) is 5.57 Å². The quantitative estimate of drug-likeness (QED) is 0.486. The predicted octanol–water partition coefficient (Wildman–Crippen LogP) is 2.35. The molecule has 2 aliphatic heterocycles. The summed E-state index contributed by atoms with van der Waals surface area (Å²) in [5, 5.41) is 8.07. The largest absolute Gasteiger partial charge is 0.456 e. The molecular formula is C11H12N2O2. The molecular weight excluding hydrogens is 192 g/mol. The molecule has 0 spiro atoms. The van der Waals surface area contributed by atoms with Crippen LogP contribution in [0.4, 0.5) is 0 Å². The van der Waals surface area contributed by atoms with Gasteiger partial charge in [-0.1, -0.05) is 19.6 Å². The van der Waals surface area contributed by atoms with Crippen LogP contribution in [-0.4, -0.2) is 12.6 Å². The maximum atomic E-state index is 11.5. The molecule has 0 atom stereocenters. The molecule has 0 aromatic heterocycles. The fourth-order valence-electron chi connectivity index (χ4n) is 1.59. The van der Waals surface area contributed by atoms with Crippen molar-refractivity contribution in [1.29, 1.82) is 0 Å². The van der Waals surface area contributed by atoms with Crippen molar-refractivity contribution in [1.82, 2.24) is 0 Å². The summed E-state index contributed by atoms with van der Waals surface area (Å²) in [5.74, 6) is -0.160. The minimum Gasteiger partial charge on any atom is -0.456 e. The molecule has 78 valence electrons. The highest BCUT2D eigenvalue weighted by Crippen LogP contribution is 2.30. The number of cyclic esters (lactones) is 1. The van der Waals surface area contributed by atoms with Gasteiger partial charge in [-0.3, -0.25) is 0 Å². The van der Waals surface area contributed by atoms with Gasteiger partial charge in [-0.05, 0) is 12.8 Å². The van der Waals surface area contributed by atoms with Crippen LogP contribution in [0.25, 0.3) is 0 Å². The number of carbonyl (C=O) groups is 1. The maximum Gasteiger partial charge on any atom is 0.341 e. The Morgan fingerprint density at radius 2 is 2.13 bits per heavy atom. The summed E-state index contributed by atoms with van der Waals surface area (Å²) in [7, 11) is 0. The van der Waals surface area contributed by atoms with Crippen LogP contribution in [0.15, 0.2) is 38.5 Å². The summed E-state index contributed by atoms with van der Waals surface area (Å²) >= 11 is 0. The highest BCUT2D eigenvalue weighted by Gasteiger charge is 2.30. The topological polar surface area (TPSA) is 51.0 Å². The molecule has 0 bridgehead atoms. The van der Waals surface area contributed by atoms with Crippen LogP contribution >= 0.6 is 0 Å². The number of esters is 1. The zero-order valence-electron chi connectivity index (χ0n) is 9.00. The van der Waals surface area contributed by atoms with Gasteiger partial charge in [0.15, 0.2) is 0 Å². The number of rotatable bonds is 1. The number of nitrogens with zero attached hydrogens (tertiary/aromatic N) is 2. The standard InChI is InChI=1S/C11H12N2O2/c1-6(2)10-9-8(5-15-11(9)14)4-7(3)12-13-10/h6H,5H2,1-3H3. The molecule has 1 fully saturated rings. The lowest BCUT2D eigenvalue weighted by Gasteiger charge is -2.05. The third-order valence-electron chi connectivity index (χ3n) is 2.30. The van der Waals surface area contributed by atoms with E-state index in [4.69, 9.17) is 4.74 Å². The number of hydrogen-bond acceptors (Lipinski definition) is 4. The van der Waals surface area contributed by atoms with E-state index in [2.05, 4.69) is 16.0 Å². The summed E-state index contributed by atoms with van der Waals surface area (Å²) in [4.78, 5) is 11.5. The average Bonchev–Trinajstić information content (AvgIpc) is 2.44. The van der Waals surface area contributed by atoms with E-state index in [-0.39, 0.29) is 18.5 Å². The van der Waals surface area contributed by atoms with Crippen molar-refractivity contribution in [3.05, 3.63) is 28.3 Å². The second-order valence-electron chi connectivity index (χ2n) is 3.88. The van der Waals surface area contributed by atoms with Gasteiger partial charge in [-0.15, -0.1) is 5.11 Å². The summed E-state index contributed by atoms with van der Waals surface area (Å²) in [6, 6.07) is 0. The third-order valence-corrected chi connectivity index (χ3v) is 2.30. The van der Waals surface area contributed by atoms with Crippen molar-refractivity contribution in [3.63, 3.8) is 0 Å². The van der Waals surface area contributed by atoms with Gasteiger partial charge in [-0.2, -0.15) is 5.11 Å². The highest BCUT2D eigenvalue weighted by atomic mass is 16.5. The second kappa shape index (κ2) is 3.48. The first-order chi connectivity index (χ1) is 7.09. The Bertz CT molecular complexity index is 449. The lowest BCUT2D eigenvalue weighted by atomic mass is 10.0. The molecule has 0 aromatic rings. The molecule has 2 heterocycles. The fourth-order valence-corrected chi connectivity index (χ4v) is 1.59. The summed E-state index contributed by atoms with van der Waals surface area (Å²) in [6.45, 7) is 6.05. The minimum absolute atomic E-state index is 0.150. The van der Waals surface area contributed by atoms with Crippen molar-refractivity contribution < 1.29 is 9.53 Å². The molecule has 4 nitrogen and oxygen atoms in total. The van der Waals surface area contributed by atoms with Gasteiger partial charge in [0.2, 0.25) is 0 Å². The zero-order chi connectivity index (χ0) is 11.0. The maximum absolute atomic E-state index is 11.5. The Morgan fingerprint density at radius 1 is 1.40 bits per heavy atom. The molecule has 0 aliphatic carbocycles. The lowest BCUT2D eigenvalue weighted by molar-refractivity contribution is -0.135. The lowest BCUT2D eigenvalue weighted by Crippen LogP contribution is -2.03. The van der Waals surface area contributed by atoms with Gasteiger partial charge >= 0.3 is 5.97 Å². The van der Waals surface area contributed by atoms with Crippen LogP contribution in [0.5, 0.6) is 0 Å². The first kappa shape index (κ1) is 9.87. The average molecular weight is 204 g/mol. The Kier molecular flexibility index (Phi) is 2.29. The first-order valence-corrected chi connectivity index (χ1v) is 4.89. The Balaban J connectivity index is 2.65. The van der Waals surface area contributed by atoms with Crippen molar-refractivity contribution in [2.45, 2.75) is 20.8 Å². The number of allylic oxidation sites excluding steroid dienone is 1. The number of azo groups is 1. The van der Waals surface area contributed by atoms with E-state index >= 15 is 0 Å². The van der Waals surface area contributed by atoms with Crippen molar-refractivity contribution in [3.8, 4) is 0 Å². The highest BCUT2D eigenvalue weighted by molar-refractivity contribution is 5.97. The molecule has 4 heteroatoms. The molecule has 15 heavy (non-hydrogen) atoms. The van der Waals surface area contributed by atoms with Gasteiger partial charge in [-0.25, -0.2) is 4.79 Å². The van der Waals surface area contributed by atoms with Crippen LogP contribution < -0.4 is 0 Å². The molecule has 2 rings (SSSR count). The van der Waals surface area contributed by atoms with Crippen LogP contribution in [0, 0.1) is 5.92 Å². The van der Waals surface area contributed by atoms with E-state index in [0.29, 0.717) is 17.0 Å². The van der Waals surface area contributed by atoms with Crippen LogP contribution in [0.3, 0.4) is 0 Å². The molecule has 0 saturated carbocycles. The molecule has 1 saturated heterocycles. The Morgan fingerprint density at radius 3 is 2.80 bits per heavy atom. The van der Waals surface area contributed by atoms with Gasteiger partial charge in [0.1, 0.15) is 12.3 Å². The van der Waals surface area contributed by atoms with Gasteiger partial charge in [0.25, 0.3) is 0 Å². The van der Waals surface area contributed by atoms with Crippen molar-refractivity contribution in [2.24, 2.45) is 16.1 Å². The first-order valence-electron chi connectivity index (χ1n) is 4.89. The van der Waals surface area contributed by atoms with Gasteiger partial charge in [0, 0.05) is 5.57 Å². The summed E-state index contributed by atoms with van der Waals surface area (Å²) in [5.41, 5.74) is 5.71. The van der Waals surface area contributed by atoms with Crippen LogP contribution in [0.2, 0.25) is 0 Å². The molecule has 0 amide bonds. The molecule has 0 N–H and O–H groups in total. The molecule has 0 radical (unpaired) electrons. The van der Waals surface area contributed by atoms with E-state index in [9.17, 15) is 4.79 Å². The molecule has 0 aromatic carbocycles. The predicted molar refractivity (Wildman–Crippen MR) is 53.9 cm³/mol. The van der Waals surface area contributed by atoms with Gasteiger partial charge in [0.05, 0.1) is 11.3 Å². The van der Waals surface area contributed by atoms with Crippen molar-refractivity contribution >= 4 is 5.97 Å². The monoisotopic (exact) mass is 204 g/mol. The normalized spacial score (nSPS) is 19.9. The van der Waals surface area contributed by atoms with E-state index in [1.807, 2.05) is 13.8 Å². The number of hydrogen-bond donors (Lipinski definition) is 0. The number of ether oxygens (including phenoxy) is 1. The van der Waals surface area contributed by atoms with Crippen LogP contribution in [0.1, 0.15) is 20.8 Å². The molecule has 2 aliphatic rings. The minimum atomic E-state index is -0.310. The zero-order valence-corrected chi connectivity index (χ0v) is 9.00. The number of fused-ring (bicyclic) bond motifs is 1. The fraction of sp³-hybridized carbons (Fsp3) is 0.455. The SMILES string of the molecule is CC1=C=C2COC(=O)C2=C(C(C)C)N=N1. The van der Waals surface area contributed by atoms with Gasteiger partial charge < -0.3 is 4.74 Å². The van der Waals surface area contributed by atoms with E-state index < -0.39 is 0 Å². The third kappa shape index (κ3) is 1.64. The number of carbonyl (C=O) groups excluding carboxylic acids is 1. The van der Waals surface area contributed by atoms with Crippen LogP contribution in [-0.2, 0) is 9.53 Å². The molecule has 0 unspecified atom stereocenters.